The van der Waals surface area contributed by atoms with Crippen molar-refractivity contribution < 1.29 is 0 Å². The van der Waals surface area contributed by atoms with Crippen LogP contribution >= 0.6 is 0 Å². The van der Waals surface area contributed by atoms with Gasteiger partial charge in [-0.1, -0.05) is 6.92 Å². The molecule has 2 heteroatoms. The first-order valence-corrected chi connectivity index (χ1v) is 6.87. The standard InChI is InChI=1S/C15H22N2/c1-11-7-8-17(10-11)14-5-6-15-13(9-14)4-3-12(2)16-15/h5-6,9,11-12,16H,3-4,7-8,10H2,1-2H3. The summed E-state index contributed by atoms with van der Waals surface area (Å²) in [5.41, 5.74) is 4.27. The molecule has 1 aromatic rings. The summed E-state index contributed by atoms with van der Waals surface area (Å²) in [7, 11) is 0. The molecule has 1 aromatic carbocycles. The first-order chi connectivity index (χ1) is 8.22. The van der Waals surface area contributed by atoms with E-state index >= 15 is 0 Å². The van der Waals surface area contributed by atoms with E-state index in [0.717, 1.165) is 5.92 Å². The second kappa shape index (κ2) is 4.25. The third kappa shape index (κ3) is 2.13. The Kier molecular flexibility index (Phi) is 2.73. The largest absolute Gasteiger partial charge is 0.382 e. The summed E-state index contributed by atoms with van der Waals surface area (Å²) in [4.78, 5) is 2.53. The molecular formula is C15H22N2. The molecular weight excluding hydrogens is 208 g/mol. The van der Waals surface area contributed by atoms with Crippen LogP contribution < -0.4 is 10.2 Å². The molecule has 0 spiro atoms. The van der Waals surface area contributed by atoms with Crippen molar-refractivity contribution in [1.29, 1.82) is 0 Å². The lowest BCUT2D eigenvalue weighted by Crippen LogP contribution is -2.23. The number of anilines is 2. The smallest absolute Gasteiger partial charge is 0.0376 e. The summed E-state index contributed by atoms with van der Waals surface area (Å²) in [6, 6.07) is 7.57. The van der Waals surface area contributed by atoms with Gasteiger partial charge in [-0.3, -0.25) is 0 Å². The molecule has 0 amide bonds. The third-order valence-corrected chi connectivity index (χ3v) is 4.13. The van der Waals surface area contributed by atoms with Crippen molar-refractivity contribution in [3.05, 3.63) is 23.8 Å². The topological polar surface area (TPSA) is 15.3 Å². The molecule has 2 unspecified atom stereocenters. The zero-order valence-corrected chi connectivity index (χ0v) is 10.9. The van der Waals surface area contributed by atoms with E-state index in [2.05, 4.69) is 42.3 Å². The van der Waals surface area contributed by atoms with E-state index in [1.165, 1.54) is 49.3 Å². The van der Waals surface area contributed by atoms with Crippen LogP contribution in [0.2, 0.25) is 0 Å². The average Bonchev–Trinajstić information content (AvgIpc) is 2.75. The van der Waals surface area contributed by atoms with Crippen LogP contribution in [0.25, 0.3) is 0 Å². The maximum Gasteiger partial charge on any atom is 0.0376 e. The molecule has 0 aliphatic carbocycles. The van der Waals surface area contributed by atoms with Crippen molar-refractivity contribution in [2.45, 2.75) is 39.2 Å². The van der Waals surface area contributed by atoms with Crippen LogP contribution in [0.4, 0.5) is 11.4 Å². The summed E-state index contributed by atoms with van der Waals surface area (Å²) in [5, 5.41) is 3.57. The Labute approximate surface area is 104 Å². The molecule has 1 N–H and O–H groups in total. The van der Waals surface area contributed by atoms with Gasteiger partial charge >= 0.3 is 0 Å². The fourth-order valence-corrected chi connectivity index (χ4v) is 3.00. The molecule has 2 aliphatic heterocycles. The molecule has 2 atom stereocenters. The van der Waals surface area contributed by atoms with E-state index in [9.17, 15) is 0 Å². The van der Waals surface area contributed by atoms with Gasteiger partial charge in [0.1, 0.15) is 0 Å². The number of rotatable bonds is 1. The van der Waals surface area contributed by atoms with Crippen LogP contribution in [0.3, 0.4) is 0 Å². The van der Waals surface area contributed by atoms with Crippen molar-refractivity contribution >= 4 is 11.4 Å². The predicted molar refractivity (Wildman–Crippen MR) is 73.8 cm³/mol. The number of hydrogen-bond donors (Lipinski definition) is 1. The van der Waals surface area contributed by atoms with Gasteiger partial charge in [0.25, 0.3) is 0 Å². The van der Waals surface area contributed by atoms with Crippen molar-refractivity contribution in [3.8, 4) is 0 Å². The van der Waals surface area contributed by atoms with Crippen LogP contribution in [-0.2, 0) is 6.42 Å². The number of nitrogens with zero attached hydrogens (tertiary/aromatic N) is 1. The lowest BCUT2D eigenvalue weighted by atomic mass is 9.98. The highest BCUT2D eigenvalue weighted by atomic mass is 15.1. The molecule has 0 radical (unpaired) electrons. The second-order valence-corrected chi connectivity index (χ2v) is 5.77. The number of nitrogens with one attached hydrogen (secondary N) is 1. The molecule has 1 saturated heterocycles. The SMILES string of the molecule is CC1CCN(c2ccc3c(c2)CCC(C)N3)C1. The Morgan fingerprint density at radius 3 is 2.88 bits per heavy atom. The molecule has 0 saturated carbocycles. The van der Waals surface area contributed by atoms with Gasteiger partial charge in [-0.25, -0.2) is 0 Å². The van der Waals surface area contributed by atoms with E-state index < -0.39 is 0 Å². The molecule has 2 heterocycles. The lowest BCUT2D eigenvalue weighted by Gasteiger charge is -2.26. The van der Waals surface area contributed by atoms with Gasteiger partial charge in [0, 0.05) is 30.5 Å². The molecule has 0 bridgehead atoms. The van der Waals surface area contributed by atoms with Crippen LogP contribution in [0.5, 0.6) is 0 Å². The highest BCUT2D eigenvalue weighted by molar-refractivity contribution is 5.62. The Morgan fingerprint density at radius 1 is 1.24 bits per heavy atom. The van der Waals surface area contributed by atoms with Crippen LogP contribution in [0, 0.1) is 5.92 Å². The third-order valence-electron chi connectivity index (χ3n) is 4.13. The van der Waals surface area contributed by atoms with E-state index in [0.29, 0.717) is 6.04 Å². The van der Waals surface area contributed by atoms with Crippen LogP contribution in [-0.4, -0.2) is 19.1 Å². The van der Waals surface area contributed by atoms with Crippen molar-refractivity contribution in [3.63, 3.8) is 0 Å². The van der Waals surface area contributed by atoms with E-state index in [1.54, 1.807) is 0 Å². The Hall–Kier alpha value is -1.18. The Morgan fingerprint density at radius 2 is 2.12 bits per heavy atom. The number of benzene rings is 1. The summed E-state index contributed by atoms with van der Waals surface area (Å²) in [6.07, 6.45) is 3.82. The van der Waals surface area contributed by atoms with Gasteiger partial charge in [-0.15, -0.1) is 0 Å². The van der Waals surface area contributed by atoms with Crippen LogP contribution in [0.1, 0.15) is 32.3 Å². The van der Waals surface area contributed by atoms with Gasteiger partial charge < -0.3 is 10.2 Å². The maximum absolute atomic E-state index is 3.57. The number of fused-ring (bicyclic) bond motifs is 1. The van der Waals surface area contributed by atoms with Crippen molar-refractivity contribution in [2.75, 3.05) is 23.3 Å². The zero-order valence-electron chi connectivity index (χ0n) is 10.9. The van der Waals surface area contributed by atoms with E-state index in [1.807, 2.05) is 0 Å². The minimum atomic E-state index is 0.625. The normalized spacial score (nSPS) is 27.8. The highest BCUT2D eigenvalue weighted by Gasteiger charge is 2.20. The summed E-state index contributed by atoms with van der Waals surface area (Å²) in [5.74, 6) is 0.851. The fourth-order valence-electron chi connectivity index (χ4n) is 3.00. The average molecular weight is 230 g/mol. The first kappa shape index (κ1) is 10.9. The lowest BCUT2D eigenvalue weighted by molar-refractivity contribution is 0.659. The molecule has 0 aromatic heterocycles. The minimum absolute atomic E-state index is 0.625. The molecule has 2 nitrogen and oxygen atoms in total. The van der Waals surface area contributed by atoms with Crippen LogP contribution in [0.15, 0.2) is 18.2 Å². The van der Waals surface area contributed by atoms with Gasteiger partial charge in [-0.2, -0.15) is 0 Å². The summed E-state index contributed by atoms with van der Waals surface area (Å²) in [6.45, 7) is 7.06. The maximum atomic E-state index is 3.57. The number of hydrogen-bond acceptors (Lipinski definition) is 2. The minimum Gasteiger partial charge on any atom is -0.382 e. The summed E-state index contributed by atoms with van der Waals surface area (Å²) < 4.78 is 0. The monoisotopic (exact) mass is 230 g/mol. The Balaban J connectivity index is 1.83. The quantitative estimate of drug-likeness (QED) is 0.796. The molecule has 17 heavy (non-hydrogen) atoms. The van der Waals surface area contributed by atoms with Crippen molar-refractivity contribution in [1.82, 2.24) is 0 Å². The van der Waals surface area contributed by atoms with Gasteiger partial charge in [0.05, 0.1) is 0 Å². The molecule has 1 fully saturated rings. The second-order valence-electron chi connectivity index (χ2n) is 5.77. The Bertz CT molecular complexity index is 413. The molecule has 2 aliphatic rings. The summed E-state index contributed by atoms with van der Waals surface area (Å²) >= 11 is 0. The highest BCUT2D eigenvalue weighted by Crippen LogP contribution is 2.31. The van der Waals surface area contributed by atoms with Gasteiger partial charge in [0.15, 0.2) is 0 Å². The van der Waals surface area contributed by atoms with Gasteiger partial charge in [0.2, 0.25) is 0 Å². The fraction of sp³-hybridized carbons (Fsp3) is 0.600. The first-order valence-electron chi connectivity index (χ1n) is 6.87. The van der Waals surface area contributed by atoms with E-state index in [-0.39, 0.29) is 0 Å². The number of aryl methyl sites for hydroxylation is 1. The zero-order chi connectivity index (χ0) is 11.8. The predicted octanol–water partition coefficient (Wildman–Crippen LogP) is 3.28. The van der Waals surface area contributed by atoms with Crippen molar-refractivity contribution in [2.24, 2.45) is 5.92 Å². The molecule has 92 valence electrons. The molecule has 3 rings (SSSR count). The van der Waals surface area contributed by atoms with Gasteiger partial charge in [-0.05, 0) is 55.9 Å². The van der Waals surface area contributed by atoms with E-state index in [4.69, 9.17) is 0 Å².